The molecule has 13 heavy (non-hydrogen) atoms. The lowest BCUT2D eigenvalue weighted by Gasteiger charge is -2.26. The number of ether oxygens (including phenoxy) is 1. The number of rotatable bonds is 3. The van der Waals surface area contributed by atoms with Crippen LogP contribution in [0.4, 0.5) is 0 Å². The van der Waals surface area contributed by atoms with Gasteiger partial charge < -0.3 is 4.74 Å². The van der Waals surface area contributed by atoms with Gasteiger partial charge in [-0.1, -0.05) is 13.8 Å². The second-order valence-electron chi connectivity index (χ2n) is 4.00. The molecule has 0 aromatic carbocycles. The summed E-state index contributed by atoms with van der Waals surface area (Å²) in [6.07, 6.45) is 2.43. The van der Waals surface area contributed by atoms with E-state index in [9.17, 15) is 4.79 Å². The summed E-state index contributed by atoms with van der Waals surface area (Å²) in [6, 6.07) is 0.569. The molecular formula is C10H19NO2. The Kier molecular flexibility index (Phi) is 3.72. The highest BCUT2D eigenvalue weighted by atomic mass is 16.5. The zero-order valence-electron chi connectivity index (χ0n) is 8.75. The van der Waals surface area contributed by atoms with Crippen LogP contribution in [-0.2, 0) is 9.53 Å². The van der Waals surface area contributed by atoms with Gasteiger partial charge in [-0.25, -0.2) is 0 Å². The topological polar surface area (TPSA) is 29.5 Å². The molecule has 1 atom stereocenters. The number of carbonyl (C=O) groups excluding carboxylic acids is 1. The molecule has 0 aromatic heterocycles. The molecule has 76 valence electrons. The molecule has 0 amide bonds. The van der Waals surface area contributed by atoms with Crippen molar-refractivity contribution in [2.24, 2.45) is 5.92 Å². The van der Waals surface area contributed by atoms with Crippen molar-refractivity contribution in [1.29, 1.82) is 0 Å². The lowest BCUT2D eigenvalue weighted by Crippen LogP contribution is -2.37. The third kappa shape index (κ3) is 2.69. The van der Waals surface area contributed by atoms with Crippen molar-refractivity contribution in [2.75, 3.05) is 20.2 Å². The van der Waals surface area contributed by atoms with Crippen LogP contribution in [0.5, 0.6) is 0 Å². The first-order chi connectivity index (χ1) is 6.15. The van der Waals surface area contributed by atoms with Crippen molar-refractivity contribution in [3.63, 3.8) is 0 Å². The smallest absolute Gasteiger partial charge is 0.319 e. The average molecular weight is 185 g/mol. The summed E-state index contributed by atoms with van der Waals surface area (Å²) in [6.45, 7) is 5.91. The molecule has 1 saturated heterocycles. The van der Waals surface area contributed by atoms with Crippen molar-refractivity contribution in [3.8, 4) is 0 Å². The summed E-state index contributed by atoms with van der Waals surface area (Å²) in [4.78, 5) is 13.3. The molecule has 1 unspecified atom stereocenters. The number of methoxy groups -OCH3 is 1. The summed E-state index contributed by atoms with van der Waals surface area (Å²) in [5.74, 6) is 0.514. The molecule has 0 aliphatic carbocycles. The van der Waals surface area contributed by atoms with E-state index in [1.165, 1.54) is 20.0 Å². The standard InChI is InChI=1S/C10H19NO2/c1-8(2)9-5-4-6-11(9)7-10(12)13-3/h8-9H,4-7H2,1-3H3. The maximum Gasteiger partial charge on any atom is 0.319 e. The number of esters is 1. The molecule has 0 bridgehead atoms. The van der Waals surface area contributed by atoms with Gasteiger partial charge in [0.1, 0.15) is 0 Å². The molecule has 1 fully saturated rings. The van der Waals surface area contributed by atoms with Gasteiger partial charge in [0, 0.05) is 6.04 Å². The first kappa shape index (κ1) is 10.5. The van der Waals surface area contributed by atoms with Gasteiger partial charge in [0.25, 0.3) is 0 Å². The Balaban J connectivity index is 2.44. The number of nitrogens with zero attached hydrogens (tertiary/aromatic N) is 1. The maximum absolute atomic E-state index is 11.1. The molecule has 1 rings (SSSR count). The van der Waals surface area contributed by atoms with Crippen LogP contribution in [0.2, 0.25) is 0 Å². The number of carbonyl (C=O) groups is 1. The Labute approximate surface area is 80.1 Å². The third-order valence-electron chi connectivity index (χ3n) is 2.74. The van der Waals surface area contributed by atoms with Crippen LogP contribution in [0.1, 0.15) is 26.7 Å². The van der Waals surface area contributed by atoms with Crippen LogP contribution in [0.3, 0.4) is 0 Å². The van der Waals surface area contributed by atoms with Crippen molar-refractivity contribution in [2.45, 2.75) is 32.7 Å². The largest absolute Gasteiger partial charge is 0.468 e. The summed E-state index contributed by atoms with van der Waals surface area (Å²) >= 11 is 0. The van der Waals surface area contributed by atoms with E-state index < -0.39 is 0 Å². The highest BCUT2D eigenvalue weighted by Crippen LogP contribution is 2.23. The van der Waals surface area contributed by atoms with E-state index >= 15 is 0 Å². The minimum absolute atomic E-state index is 0.118. The molecule has 0 spiro atoms. The van der Waals surface area contributed by atoms with Crippen molar-refractivity contribution in [1.82, 2.24) is 4.90 Å². The van der Waals surface area contributed by atoms with Crippen LogP contribution < -0.4 is 0 Å². The van der Waals surface area contributed by atoms with E-state index in [1.807, 2.05) is 0 Å². The van der Waals surface area contributed by atoms with Crippen LogP contribution in [0, 0.1) is 5.92 Å². The average Bonchev–Trinajstić information content (AvgIpc) is 2.52. The first-order valence-corrected chi connectivity index (χ1v) is 4.96. The van der Waals surface area contributed by atoms with Crippen molar-refractivity contribution >= 4 is 5.97 Å². The summed E-state index contributed by atoms with van der Waals surface area (Å²) in [5.41, 5.74) is 0. The zero-order valence-corrected chi connectivity index (χ0v) is 8.75. The lowest BCUT2D eigenvalue weighted by molar-refractivity contribution is -0.142. The molecule has 0 N–H and O–H groups in total. The SMILES string of the molecule is COC(=O)CN1CCCC1C(C)C. The highest BCUT2D eigenvalue weighted by molar-refractivity contribution is 5.71. The second-order valence-corrected chi connectivity index (χ2v) is 4.00. The van der Waals surface area contributed by atoms with E-state index in [1.54, 1.807) is 0 Å². The van der Waals surface area contributed by atoms with Gasteiger partial charge >= 0.3 is 5.97 Å². The first-order valence-electron chi connectivity index (χ1n) is 4.96. The van der Waals surface area contributed by atoms with Crippen molar-refractivity contribution in [3.05, 3.63) is 0 Å². The van der Waals surface area contributed by atoms with Gasteiger partial charge in [0.15, 0.2) is 0 Å². The Morgan fingerprint density at radius 1 is 1.62 bits per heavy atom. The Hall–Kier alpha value is -0.570. The molecule has 1 aliphatic rings. The van der Waals surface area contributed by atoms with Gasteiger partial charge in [-0.2, -0.15) is 0 Å². The van der Waals surface area contributed by atoms with E-state index in [2.05, 4.69) is 23.5 Å². The number of likely N-dealkylation sites (tertiary alicyclic amines) is 1. The molecule has 3 nitrogen and oxygen atoms in total. The summed E-state index contributed by atoms with van der Waals surface area (Å²) in [7, 11) is 1.45. The summed E-state index contributed by atoms with van der Waals surface area (Å²) in [5, 5.41) is 0. The molecule has 3 heteroatoms. The van der Waals surface area contributed by atoms with E-state index in [0.717, 1.165) is 6.54 Å². The molecule has 1 aliphatic heterocycles. The number of hydrogen-bond acceptors (Lipinski definition) is 3. The van der Waals surface area contributed by atoms with Gasteiger partial charge in [0.2, 0.25) is 0 Å². The normalized spacial score (nSPS) is 23.8. The molecule has 0 aromatic rings. The third-order valence-corrected chi connectivity index (χ3v) is 2.74. The quantitative estimate of drug-likeness (QED) is 0.620. The summed E-state index contributed by atoms with van der Waals surface area (Å²) < 4.78 is 4.66. The Morgan fingerprint density at radius 2 is 2.31 bits per heavy atom. The Morgan fingerprint density at radius 3 is 2.85 bits per heavy atom. The maximum atomic E-state index is 11.1. The molecule has 0 radical (unpaired) electrons. The minimum atomic E-state index is -0.118. The van der Waals surface area contributed by atoms with E-state index in [-0.39, 0.29) is 5.97 Å². The van der Waals surface area contributed by atoms with Crippen LogP contribution in [-0.4, -0.2) is 37.1 Å². The molecule has 0 saturated carbocycles. The fourth-order valence-electron chi connectivity index (χ4n) is 2.03. The van der Waals surface area contributed by atoms with E-state index in [0.29, 0.717) is 18.5 Å². The van der Waals surface area contributed by atoms with Crippen LogP contribution >= 0.6 is 0 Å². The van der Waals surface area contributed by atoms with E-state index in [4.69, 9.17) is 0 Å². The number of hydrogen-bond donors (Lipinski definition) is 0. The minimum Gasteiger partial charge on any atom is -0.468 e. The fourth-order valence-corrected chi connectivity index (χ4v) is 2.03. The van der Waals surface area contributed by atoms with Gasteiger partial charge in [0.05, 0.1) is 13.7 Å². The van der Waals surface area contributed by atoms with Crippen LogP contribution in [0.15, 0.2) is 0 Å². The predicted molar refractivity (Wildman–Crippen MR) is 51.4 cm³/mol. The molecule has 1 heterocycles. The highest BCUT2D eigenvalue weighted by Gasteiger charge is 2.28. The van der Waals surface area contributed by atoms with Gasteiger partial charge in [-0.3, -0.25) is 9.69 Å². The van der Waals surface area contributed by atoms with Crippen molar-refractivity contribution < 1.29 is 9.53 Å². The fraction of sp³-hybridized carbons (Fsp3) is 0.900. The van der Waals surface area contributed by atoms with Gasteiger partial charge in [-0.05, 0) is 25.3 Å². The lowest BCUT2D eigenvalue weighted by atomic mass is 10.0. The Bertz CT molecular complexity index is 180. The predicted octanol–water partition coefficient (Wildman–Crippen LogP) is 1.28. The van der Waals surface area contributed by atoms with Gasteiger partial charge in [-0.15, -0.1) is 0 Å². The second kappa shape index (κ2) is 4.61. The molecular weight excluding hydrogens is 166 g/mol. The zero-order chi connectivity index (χ0) is 9.84. The van der Waals surface area contributed by atoms with Crippen LogP contribution in [0.25, 0.3) is 0 Å². The monoisotopic (exact) mass is 185 g/mol.